The fourth-order valence-corrected chi connectivity index (χ4v) is 2.32. The second-order valence-corrected chi connectivity index (χ2v) is 5.40. The molecule has 0 fully saturated rings. The van der Waals surface area contributed by atoms with E-state index in [4.69, 9.17) is 32.7 Å². The number of ether oxygens (including phenoxy) is 2. The van der Waals surface area contributed by atoms with Gasteiger partial charge in [-0.25, -0.2) is 0 Å². The van der Waals surface area contributed by atoms with E-state index < -0.39 is 0 Å². The van der Waals surface area contributed by atoms with Crippen molar-refractivity contribution in [2.75, 3.05) is 19.0 Å². The lowest BCUT2D eigenvalue weighted by Crippen LogP contribution is -2.20. The highest BCUT2D eigenvalue weighted by atomic mass is 35.5. The van der Waals surface area contributed by atoms with Crippen LogP contribution in [0.4, 0.5) is 5.69 Å². The van der Waals surface area contributed by atoms with Crippen molar-refractivity contribution in [2.45, 2.75) is 6.92 Å². The molecule has 0 aromatic heterocycles. The van der Waals surface area contributed by atoms with E-state index in [1.165, 1.54) is 0 Å². The molecule has 6 heteroatoms. The maximum Gasteiger partial charge on any atom is 0.262 e. The number of hydrogen-bond acceptors (Lipinski definition) is 3. The number of carbonyl (C=O) groups is 1. The van der Waals surface area contributed by atoms with Crippen LogP contribution in [-0.4, -0.2) is 19.6 Å². The number of hydrogen-bond donors (Lipinski definition) is 1. The summed E-state index contributed by atoms with van der Waals surface area (Å²) in [5, 5.41) is 3.37. The summed E-state index contributed by atoms with van der Waals surface area (Å²) in [6.07, 6.45) is 0. The predicted octanol–water partition coefficient (Wildman–Crippen LogP) is 4.33. The fourth-order valence-electron chi connectivity index (χ4n) is 1.83. The molecular formula is C16H15Cl2NO3. The van der Waals surface area contributed by atoms with Crippen molar-refractivity contribution < 1.29 is 14.3 Å². The SMILES string of the molecule is COc1cc(C)ccc1OCC(=O)Nc1c(Cl)cccc1Cl. The van der Waals surface area contributed by atoms with Gasteiger partial charge in [0.25, 0.3) is 5.91 Å². The first-order chi connectivity index (χ1) is 10.5. The van der Waals surface area contributed by atoms with Gasteiger partial charge < -0.3 is 14.8 Å². The summed E-state index contributed by atoms with van der Waals surface area (Å²) in [5.74, 6) is 0.703. The van der Waals surface area contributed by atoms with E-state index in [9.17, 15) is 4.79 Å². The number of nitrogens with one attached hydrogen (secondary N) is 1. The number of methoxy groups -OCH3 is 1. The number of aryl methyl sites for hydroxylation is 1. The normalized spacial score (nSPS) is 10.2. The first kappa shape index (κ1) is 16.5. The predicted molar refractivity (Wildman–Crippen MR) is 88.3 cm³/mol. The van der Waals surface area contributed by atoms with Crippen molar-refractivity contribution in [3.8, 4) is 11.5 Å². The van der Waals surface area contributed by atoms with Gasteiger partial charge in [-0.2, -0.15) is 0 Å². The van der Waals surface area contributed by atoms with Gasteiger partial charge in [0.1, 0.15) is 0 Å². The number of anilines is 1. The Morgan fingerprint density at radius 1 is 1.14 bits per heavy atom. The molecule has 0 radical (unpaired) electrons. The van der Waals surface area contributed by atoms with Crippen molar-refractivity contribution in [1.82, 2.24) is 0 Å². The maximum atomic E-state index is 12.0. The molecule has 0 unspecified atom stereocenters. The molecule has 0 bridgehead atoms. The van der Waals surface area contributed by atoms with Gasteiger partial charge in [0.05, 0.1) is 22.8 Å². The molecule has 0 heterocycles. The van der Waals surface area contributed by atoms with Gasteiger partial charge in [-0.05, 0) is 36.8 Å². The van der Waals surface area contributed by atoms with E-state index in [0.717, 1.165) is 5.56 Å². The monoisotopic (exact) mass is 339 g/mol. The summed E-state index contributed by atoms with van der Waals surface area (Å²) in [5.41, 5.74) is 1.41. The van der Waals surface area contributed by atoms with Crippen molar-refractivity contribution in [1.29, 1.82) is 0 Å². The summed E-state index contributed by atoms with van der Waals surface area (Å²) in [7, 11) is 1.55. The van der Waals surface area contributed by atoms with E-state index in [2.05, 4.69) is 5.32 Å². The van der Waals surface area contributed by atoms with Gasteiger partial charge in [0.2, 0.25) is 0 Å². The second-order valence-electron chi connectivity index (χ2n) is 4.59. The lowest BCUT2D eigenvalue weighted by molar-refractivity contribution is -0.118. The van der Waals surface area contributed by atoms with Crippen LogP contribution >= 0.6 is 23.2 Å². The number of para-hydroxylation sites is 1. The summed E-state index contributed by atoms with van der Waals surface area (Å²) in [4.78, 5) is 12.0. The fraction of sp³-hybridized carbons (Fsp3) is 0.188. The highest BCUT2D eigenvalue weighted by Gasteiger charge is 2.11. The summed E-state index contributed by atoms with van der Waals surface area (Å²) in [6.45, 7) is 1.76. The van der Waals surface area contributed by atoms with Gasteiger partial charge in [-0.1, -0.05) is 35.3 Å². The van der Waals surface area contributed by atoms with E-state index in [1.54, 1.807) is 31.4 Å². The van der Waals surface area contributed by atoms with Gasteiger partial charge in [0, 0.05) is 0 Å². The molecule has 22 heavy (non-hydrogen) atoms. The van der Waals surface area contributed by atoms with Crippen LogP contribution in [0.1, 0.15) is 5.56 Å². The lowest BCUT2D eigenvalue weighted by atomic mass is 10.2. The van der Waals surface area contributed by atoms with Crippen LogP contribution in [0.15, 0.2) is 36.4 Å². The molecule has 2 rings (SSSR count). The molecule has 4 nitrogen and oxygen atoms in total. The zero-order valence-electron chi connectivity index (χ0n) is 12.2. The average molecular weight is 340 g/mol. The standard InChI is InChI=1S/C16H15Cl2NO3/c1-10-6-7-13(14(8-10)21-2)22-9-15(20)19-16-11(17)4-3-5-12(16)18/h3-8H,9H2,1-2H3,(H,19,20). The number of rotatable bonds is 5. The van der Waals surface area contributed by atoms with E-state index in [1.807, 2.05) is 19.1 Å². The average Bonchev–Trinajstić information content (AvgIpc) is 2.49. The molecule has 2 aromatic rings. The second kappa shape index (κ2) is 7.38. The smallest absolute Gasteiger partial charge is 0.262 e. The van der Waals surface area contributed by atoms with Gasteiger partial charge >= 0.3 is 0 Å². The highest BCUT2D eigenvalue weighted by Crippen LogP contribution is 2.30. The summed E-state index contributed by atoms with van der Waals surface area (Å²) in [6, 6.07) is 10.5. The molecule has 1 amide bonds. The third-order valence-corrected chi connectivity index (χ3v) is 3.54. The molecule has 0 saturated heterocycles. The van der Waals surface area contributed by atoms with Crippen LogP contribution in [-0.2, 0) is 4.79 Å². The molecule has 0 atom stereocenters. The molecule has 0 aliphatic rings. The highest BCUT2D eigenvalue weighted by molar-refractivity contribution is 6.39. The molecular weight excluding hydrogens is 325 g/mol. The quantitative estimate of drug-likeness (QED) is 0.881. The van der Waals surface area contributed by atoms with Crippen molar-refractivity contribution >= 4 is 34.8 Å². The van der Waals surface area contributed by atoms with E-state index in [0.29, 0.717) is 27.2 Å². The molecule has 1 N–H and O–H groups in total. The Bertz CT molecular complexity index is 669. The number of carbonyl (C=O) groups excluding carboxylic acids is 1. The summed E-state index contributed by atoms with van der Waals surface area (Å²) >= 11 is 12.0. The van der Waals surface area contributed by atoms with Crippen molar-refractivity contribution in [3.05, 3.63) is 52.0 Å². The van der Waals surface area contributed by atoms with Crippen LogP contribution < -0.4 is 14.8 Å². The van der Waals surface area contributed by atoms with Gasteiger partial charge in [0.15, 0.2) is 18.1 Å². The van der Waals surface area contributed by atoms with Crippen LogP contribution in [0.3, 0.4) is 0 Å². The zero-order chi connectivity index (χ0) is 16.1. The molecule has 116 valence electrons. The lowest BCUT2D eigenvalue weighted by Gasteiger charge is -2.12. The topological polar surface area (TPSA) is 47.6 Å². The van der Waals surface area contributed by atoms with Gasteiger partial charge in [-0.3, -0.25) is 4.79 Å². The third-order valence-electron chi connectivity index (χ3n) is 2.91. The molecule has 0 spiro atoms. The van der Waals surface area contributed by atoms with Crippen LogP contribution in [0.2, 0.25) is 10.0 Å². The molecule has 0 aliphatic heterocycles. The van der Waals surface area contributed by atoms with E-state index >= 15 is 0 Å². The zero-order valence-corrected chi connectivity index (χ0v) is 13.7. The maximum absolute atomic E-state index is 12.0. The number of halogens is 2. The van der Waals surface area contributed by atoms with E-state index in [-0.39, 0.29) is 12.5 Å². The molecule has 2 aromatic carbocycles. The minimum Gasteiger partial charge on any atom is -0.493 e. The van der Waals surface area contributed by atoms with Crippen LogP contribution in [0, 0.1) is 6.92 Å². The Balaban J connectivity index is 2.02. The Kier molecular flexibility index (Phi) is 5.52. The van der Waals surface area contributed by atoms with Crippen LogP contribution in [0.25, 0.3) is 0 Å². The summed E-state index contributed by atoms with van der Waals surface area (Å²) < 4.78 is 10.7. The Morgan fingerprint density at radius 3 is 2.45 bits per heavy atom. The van der Waals surface area contributed by atoms with Crippen LogP contribution in [0.5, 0.6) is 11.5 Å². The Labute approximate surface area is 138 Å². The Hall–Kier alpha value is -1.91. The van der Waals surface area contributed by atoms with Crippen molar-refractivity contribution in [2.24, 2.45) is 0 Å². The third kappa shape index (κ3) is 4.06. The van der Waals surface area contributed by atoms with Crippen molar-refractivity contribution in [3.63, 3.8) is 0 Å². The number of amides is 1. The Morgan fingerprint density at radius 2 is 1.82 bits per heavy atom. The first-order valence-corrected chi connectivity index (χ1v) is 7.28. The molecule has 0 aliphatic carbocycles. The van der Waals surface area contributed by atoms with Gasteiger partial charge in [-0.15, -0.1) is 0 Å². The molecule has 0 saturated carbocycles. The minimum atomic E-state index is -0.363. The minimum absolute atomic E-state index is 0.180. The number of benzene rings is 2. The largest absolute Gasteiger partial charge is 0.493 e. The first-order valence-electron chi connectivity index (χ1n) is 6.52.